The highest BCUT2D eigenvalue weighted by molar-refractivity contribution is 8.00. The number of benzene rings is 2. The average Bonchev–Trinajstić information content (AvgIpc) is 3.47. The van der Waals surface area contributed by atoms with Crippen LogP contribution in [0.5, 0.6) is 0 Å². The third kappa shape index (κ3) is 4.59. The Morgan fingerprint density at radius 1 is 1.00 bits per heavy atom. The lowest BCUT2D eigenvalue weighted by Crippen LogP contribution is -2.18. The van der Waals surface area contributed by atoms with Gasteiger partial charge in [-0.05, 0) is 23.8 Å². The molecule has 5 aromatic rings. The standard InChI is InChI=1S/C23H18ClN7OS/c24-19-9-5-4-6-16(19)13-30-20(10-11-27-30)29-21(32)14-33-23-18-12-28-31(22(18)25-15-26-23)17-7-2-1-3-8-17/h1-12,15H,13-14H2,(H,29,32). The van der Waals surface area contributed by atoms with Crippen molar-refractivity contribution in [1.29, 1.82) is 0 Å². The summed E-state index contributed by atoms with van der Waals surface area (Å²) in [5.41, 5.74) is 2.52. The summed E-state index contributed by atoms with van der Waals surface area (Å²) in [5.74, 6) is 0.619. The minimum Gasteiger partial charge on any atom is -0.310 e. The van der Waals surface area contributed by atoms with Crippen LogP contribution in [0.4, 0.5) is 5.82 Å². The number of para-hydroxylation sites is 1. The van der Waals surface area contributed by atoms with E-state index in [1.54, 1.807) is 27.8 Å². The number of aromatic nitrogens is 6. The van der Waals surface area contributed by atoms with E-state index in [0.717, 1.165) is 16.6 Å². The number of nitrogens with one attached hydrogen (secondary N) is 1. The van der Waals surface area contributed by atoms with E-state index < -0.39 is 0 Å². The first kappa shape index (κ1) is 21.2. The maximum atomic E-state index is 12.7. The quantitative estimate of drug-likeness (QED) is 0.276. The van der Waals surface area contributed by atoms with Crippen LogP contribution >= 0.6 is 23.4 Å². The van der Waals surface area contributed by atoms with Crippen molar-refractivity contribution in [3.8, 4) is 5.69 Å². The van der Waals surface area contributed by atoms with Crippen molar-refractivity contribution in [2.45, 2.75) is 11.6 Å². The highest BCUT2D eigenvalue weighted by Gasteiger charge is 2.14. The van der Waals surface area contributed by atoms with Gasteiger partial charge in [0.1, 0.15) is 17.2 Å². The average molecular weight is 476 g/mol. The number of hydrogen-bond donors (Lipinski definition) is 1. The number of carbonyl (C=O) groups is 1. The van der Waals surface area contributed by atoms with Crippen molar-refractivity contribution in [2.24, 2.45) is 0 Å². The molecule has 0 fully saturated rings. The van der Waals surface area contributed by atoms with Crippen LogP contribution in [0.1, 0.15) is 5.56 Å². The molecule has 3 heterocycles. The zero-order valence-corrected chi connectivity index (χ0v) is 18.9. The zero-order chi connectivity index (χ0) is 22.6. The molecule has 0 saturated heterocycles. The Kier molecular flexibility index (Phi) is 6.05. The van der Waals surface area contributed by atoms with Crippen molar-refractivity contribution >= 4 is 46.1 Å². The van der Waals surface area contributed by atoms with E-state index in [1.807, 2.05) is 54.6 Å². The molecule has 0 spiro atoms. The lowest BCUT2D eigenvalue weighted by molar-refractivity contribution is -0.113. The second-order valence-electron chi connectivity index (χ2n) is 7.11. The van der Waals surface area contributed by atoms with E-state index >= 15 is 0 Å². The van der Waals surface area contributed by atoms with Gasteiger partial charge in [0, 0.05) is 11.1 Å². The summed E-state index contributed by atoms with van der Waals surface area (Å²) in [5, 5.41) is 13.8. The lowest BCUT2D eigenvalue weighted by atomic mass is 10.2. The molecule has 0 radical (unpaired) electrons. The number of hydrogen-bond acceptors (Lipinski definition) is 6. The first-order chi connectivity index (χ1) is 16.2. The summed E-state index contributed by atoms with van der Waals surface area (Å²) in [4.78, 5) is 21.4. The number of carbonyl (C=O) groups excluding carboxylic acids is 1. The molecule has 8 nitrogen and oxygen atoms in total. The van der Waals surface area contributed by atoms with Gasteiger partial charge in [-0.15, -0.1) is 0 Å². The Morgan fingerprint density at radius 2 is 1.82 bits per heavy atom. The molecule has 1 N–H and O–H groups in total. The van der Waals surface area contributed by atoms with Gasteiger partial charge in [0.2, 0.25) is 5.91 Å². The van der Waals surface area contributed by atoms with E-state index in [0.29, 0.717) is 28.1 Å². The highest BCUT2D eigenvalue weighted by atomic mass is 35.5. The second-order valence-corrected chi connectivity index (χ2v) is 8.48. The minimum absolute atomic E-state index is 0.164. The molecular weight excluding hydrogens is 458 g/mol. The number of rotatable bonds is 7. The molecule has 3 aromatic heterocycles. The van der Waals surface area contributed by atoms with Crippen LogP contribution in [0.15, 0.2) is 84.4 Å². The molecule has 0 aliphatic carbocycles. The predicted octanol–water partition coefficient (Wildman–Crippen LogP) is 4.44. The van der Waals surface area contributed by atoms with Crippen LogP contribution in [-0.2, 0) is 11.3 Å². The predicted molar refractivity (Wildman–Crippen MR) is 129 cm³/mol. The lowest BCUT2D eigenvalue weighted by Gasteiger charge is -2.10. The molecule has 10 heteroatoms. The highest BCUT2D eigenvalue weighted by Crippen LogP contribution is 2.26. The van der Waals surface area contributed by atoms with Crippen LogP contribution in [-0.4, -0.2) is 41.2 Å². The SMILES string of the molecule is O=C(CSc1ncnc2c1cnn2-c1ccccc1)Nc1ccnn1Cc1ccccc1Cl. The van der Waals surface area contributed by atoms with E-state index in [2.05, 4.69) is 25.5 Å². The van der Waals surface area contributed by atoms with Gasteiger partial charge in [0.25, 0.3) is 0 Å². The molecule has 164 valence electrons. The van der Waals surface area contributed by atoms with Crippen molar-refractivity contribution in [2.75, 3.05) is 11.1 Å². The molecule has 33 heavy (non-hydrogen) atoms. The van der Waals surface area contributed by atoms with Crippen molar-refractivity contribution in [3.05, 3.63) is 90.0 Å². The van der Waals surface area contributed by atoms with Crippen LogP contribution < -0.4 is 5.32 Å². The molecule has 5 rings (SSSR count). The maximum Gasteiger partial charge on any atom is 0.235 e. The zero-order valence-electron chi connectivity index (χ0n) is 17.3. The van der Waals surface area contributed by atoms with Crippen LogP contribution in [0, 0.1) is 0 Å². The van der Waals surface area contributed by atoms with Crippen molar-refractivity contribution in [1.82, 2.24) is 29.5 Å². The molecular formula is C23H18ClN7OS. The molecule has 0 aliphatic rings. The number of nitrogens with zero attached hydrogens (tertiary/aromatic N) is 6. The fourth-order valence-electron chi connectivity index (χ4n) is 3.36. The second kappa shape index (κ2) is 9.43. The van der Waals surface area contributed by atoms with Gasteiger partial charge in [-0.25, -0.2) is 19.3 Å². The van der Waals surface area contributed by atoms with Gasteiger partial charge in [-0.2, -0.15) is 10.2 Å². The first-order valence-corrected chi connectivity index (χ1v) is 11.5. The molecule has 2 aromatic carbocycles. The van der Waals surface area contributed by atoms with Crippen LogP contribution in [0.3, 0.4) is 0 Å². The molecule has 0 saturated carbocycles. The summed E-state index contributed by atoms with van der Waals surface area (Å²) in [7, 11) is 0. The minimum atomic E-state index is -0.164. The number of thioether (sulfide) groups is 1. The van der Waals surface area contributed by atoms with Gasteiger partial charge in [0.05, 0.1) is 35.8 Å². The van der Waals surface area contributed by atoms with E-state index in [-0.39, 0.29) is 11.7 Å². The largest absolute Gasteiger partial charge is 0.310 e. The molecule has 0 unspecified atom stereocenters. The number of fused-ring (bicyclic) bond motifs is 1. The smallest absolute Gasteiger partial charge is 0.235 e. The van der Waals surface area contributed by atoms with E-state index in [9.17, 15) is 4.79 Å². The van der Waals surface area contributed by atoms with E-state index in [1.165, 1.54) is 18.1 Å². The summed E-state index contributed by atoms with van der Waals surface area (Å²) < 4.78 is 3.46. The fourth-order valence-corrected chi connectivity index (χ4v) is 4.32. The first-order valence-electron chi connectivity index (χ1n) is 10.1. The normalized spacial score (nSPS) is 11.1. The number of halogens is 1. The number of anilines is 1. The van der Waals surface area contributed by atoms with Crippen molar-refractivity contribution in [3.63, 3.8) is 0 Å². The molecule has 0 aliphatic heterocycles. The van der Waals surface area contributed by atoms with Gasteiger partial charge in [-0.1, -0.05) is 59.8 Å². The summed E-state index contributed by atoms with van der Waals surface area (Å²) in [6, 6.07) is 19.1. The molecule has 1 amide bonds. The third-order valence-corrected chi connectivity index (χ3v) is 6.31. The summed E-state index contributed by atoms with van der Waals surface area (Å²) >= 11 is 7.59. The summed E-state index contributed by atoms with van der Waals surface area (Å²) in [6.07, 6.45) is 4.86. The van der Waals surface area contributed by atoms with Crippen LogP contribution in [0.25, 0.3) is 16.7 Å². The monoisotopic (exact) mass is 475 g/mol. The van der Waals surface area contributed by atoms with Gasteiger partial charge in [-0.3, -0.25) is 4.79 Å². The van der Waals surface area contributed by atoms with Gasteiger partial charge in [0.15, 0.2) is 5.65 Å². The Labute approximate surface area is 198 Å². The Balaban J connectivity index is 1.28. The van der Waals surface area contributed by atoms with Gasteiger partial charge >= 0.3 is 0 Å². The fraction of sp³-hybridized carbons (Fsp3) is 0.0870. The van der Waals surface area contributed by atoms with E-state index in [4.69, 9.17) is 11.6 Å². The Bertz CT molecular complexity index is 1420. The molecule has 0 atom stereocenters. The third-order valence-electron chi connectivity index (χ3n) is 4.93. The Morgan fingerprint density at radius 3 is 2.67 bits per heavy atom. The van der Waals surface area contributed by atoms with Crippen LogP contribution in [0.2, 0.25) is 5.02 Å². The topological polar surface area (TPSA) is 90.5 Å². The Hall–Kier alpha value is -3.69. The summed E-state index contributed by atoms with van der Waals surface area (Å²) in [6.45, 7) is 0.459. The van der Waals surface area contributed by atoms with Gasteiger partial charge < -0.3 is 5.32 Å². The number of amides is 1. The maximum absolute atomic E-state index is 12.7. The molecule has 0 bridgehead atoms. The van der Waals surface area contributed by atoms with Crippen molar-refractivity contribution < 1.29 is 4.79 Å².